The Morgan fingerprint density at radius 2 is 0.961 bits per heavy atom. The van der Waals surface area contributed by atoms with Crippen LogP contribution in [0.1, 0.15) is 0 Å². The molecule has 0 spiro atoms. The fourth-order valence-electron chi connectivity index (χ4n) is 7.38. The van der Waals surface area contributed by atoms with Crippen molar-refractivity contribution in [1.29, 1.82) is 0 Å². The van der Waals surface area contributed by atoms with Gasteiger partial charge in [0.05, 0.1) is 5.39 Å². The molecule has 0 bridgehead atoms. The van der Waals surface area contributed by atoms with E-state index >= 15 is 0 Å². The molecule has 0 N–H and O–H groups in total. The van der Waals surface area contributed by atoms with Crippen LogP contribution in [0.2, 0.25) is 0 Å². The molecule has 0 atom stereocenters. The molecule has 2 heterocycles. The monoisotopic (exact) mass is 653 g/mol. The maximum absolute atomic E-state index is 6.57. The van der Waals surface area contributed by atoms with Crippen molar-refractivity contribution in [3.8, 4) is 33.6 Å². The van der Waals surface area contributed by atoms with Crippen molar-refractivity contribution in [1.82, 2.24) is 0 Å². The largest absolute Gasteiger partial charge is 0.456 e. The molecular weight excluding hydrogens is 623 g/mol. The first kappa shape index (κ1) is 29.1. The van der Waals surface area contributed by atoms with E-state index in [1.807, 2.05) is 24.3 Å². The Kier molecular flexibility index (Phi) is 6.81. The maximum Gasteiger partial charge on any atom is 0.146 e. The minimum atomic E-state index is 0.807. The number of hydrogen-bond acceptors (Lipinski definition) is 3. The average Bonchev–Trinajstić information content (AvgIpc) is 3.81. The molecule has 240 valence electrons. The molecule has 0 aliphatic rings. The molecule has 3 heteroatoms. The number of rotatable bonds is 6. The van der Waals surface area contributed by atoms with Crippen molar-refractivity contribution >= 4 is 60.7 Å². The highest BCUT2D eigenvalue weighted by molar-refractivity contribution is 6.18. The van der Waals surface area contributed by atoms with Gasteiger partial charge in [-0.15, -0.1) is 0 Å². The highest BCUT2D eigenvalue weighted by Crippen LogP contribution is 2.43. The Morgan fingerprint density at radius 1 is 0.353 bits per heavy atom. The molecule has 2 aromatic heterocycles. The van der Waals surface area contributed by atoms with Gasteiger partial charge in [0.25, 0.3) is 0 Å². The predicted octanol–water partition coefficient (Wildman–Crippen LogP) is 14.0. The second-order valence-corrected chi connectivity index (χ2v) is 12.9. The third-order valence-electron chi connectivity index (χ3n) is 9.88. The predicted molar refractivity (Wildman–Crippen MR) is 212 cm³/mol. The zero-order chi connectivity index (χ0) is 33.7. The van der Waals surface area contributed by atoms with Gasteiger partial charge in [0.1, 0.15) is 22.5 Å². The standard InChI is InChI=1S/C48H31NO2/c1-3-10-32(11-4-1)33-18-23-38(24-19-33)49(39-25-20-35(21-26-39)42-17-9-15-34-12-7-8-16-41(34)42)40-27-29-44-43(31-40)47-45(50-44)28-22-37-30-46(51-48(37)47)36-13-5-2-6-14-36/h1-31H. The number of fused-ring (bicyclic) bond motifs is 6. The molecule has 10 aromatic rings. The second-order valence-electron chi connectivity index (χ2n) is 12.9. The van der Waals surface area contributed by atoms with E-state index < -0.39 is 0 Å². The van der Waals surface area contributed by atoms with Crippen LogP contribution in [0.15, 0.2) is 197 Å². The Morgan fingerprint density at radius 3 is 1.73 bits per heavy atom. The summed E-state index contributed by atoms with van der Waals surface area (Å²) in [5.74, 6) is 0.843. The van der Waals surface area contributed by atoms with E-state index in [4.69, 9.17) is 8.83 Å². The lowest BCUT2D eigenvalue weighted by Gasteiger charge is -2.26. The van der Waals surface area contributed by atoms with Crippen molar-refractivity contribution in [2.24, 2.45) is 0 Å². The molecule has 8 aromatic carbocycles. The average molecular weight is 654 g/mol. The zero-order valence-electron chi connectivity index (χ0n) is 27.7. The van der Waals surface area contributed by atoms with E-state index in [-0.39, 0.29) is 0 Å². The van der Waals surface area contributed by atoms with E-state index in [0.717, 1.165) is 61.3 Å². The molecule has 0 saturated heterocycles. The van der Waals surface area contributed by atoms with Crippen molar-refractivity contribution in [2.75, 3.05) is 4.90 Å². The fraction of sp³-hybridized carbons (Fsp3) is 0. The summed E-state index contributed by atoms with van der Waals surface area (Å²) >= 11 is 0. The first-order chi connectivity index (χ1) is 25.3. The van der Waals surface area contributed by atoms with Crippen LogP contribution >= 0.6 is 0 Å². The highest BCUT2D eigenvalue weighted by Gasteiger charge is 2.19. The molecule has 0 unspecified atom stereocenters. The second kappa shape index (κ2) is 11.9. The van der Waals surface area contributed by atoms with Gasteiger partial charge in [0.2, 0.25) is 0 Å². The van der Waals surface area contributed by atoms with Crippen LogP contribution < -0.4 is 4.90 Å². The highest BCUT2D eigenvalue weighted by atomic mass is 16.3. The van der Waals surface area contributed by atoms with E-state index in [1.165, 1.54) is 33.0 Å². The van der Waals surface area contributed by atoms with E-state index in [2.05, 4.69) is 169 Å². The zero-order valence-corrected chi connectivity index (χ0v) is 27.7. The Bertz CT molecular complexity index is 2820. The van der Waals surface area contributed by atoms with Crippen LogP contribution in [0.3, 0.4) is 0 Å². The van der Waals surface area contributed by atoms with Gasteiger partial charge in [0, 0.05) is 33.4 Å². The van der Waals surface area contributed by atoms with Crippen molar-refractivity contribution in [2.45, 2.75) is 0 Å². The van der Waals surface area contributed by atoms with Gasteiger partial charge in [-0.1, -0.05) is 127 Å². The normalized spacial score (nSPS) is 11.5. The van der Waals surface area contributed by atoms with Crippen molar-refractivity contribution < 1.29 is 8.83 Å². The van der Waals surface area contributed by atoms with E-state index in [0.29, 0.717) is 0 Å². The Labute approximate surface area is 295 Å². The van der Waals surface area contributed by atoms with Gasteiger partial charge < -0.3 is 13.7 Å². The first-order valence-corrected chi connectivity index (χ1v) is 17.2. The van der Waals surface area contributed by atoms with Crippen LogP contribution in [0.4, 0.5) is 17.1 Å². The lowest BCUT2D eigenvalue weighted by molar-refractivity contribution is 0.633. The molecule has 0 radical (unpaired) electrons. The molecule has 10 rings (SSSR count). The molecule has 0 saturated carbocycles. The minimum absolute atomic E-state index is 0.807. The van der Waals surface area contributed by atoms with Crippen LogP contribution in [0.5, 0.6) is 0 Å². The van der Waals surface area contributed by atoms with Crippen LogP contribution in [0.25, 0.3) is 77.3 Å². The summed E-state index contributed by atoms with van der Waals surface area (Å²) in [7, 11) is 0. The summed E-state index contributed by atoms with van der Waals surface area (Å²) in [5.41, 5.74) is 11.4. The van der Waals surface area contributed by atoms with Gasteiger partial charge >= 0.3 is 0 Å². The number of furan rings is 2. The van der Waals surface area contributed by atoms with E-state index in [1.54, 1.807) is 0 Å². The third-order valence-corrected chi connectivity index (χ3v) is 9.88. The number of anilines is 3. The summed E-state index contributed by atoms with van der Waals surface area (Å²) in [6.07, 6.45) is 0. The van der Waals surface area contributed by atoms with Gasteiger partial charge in [-0.3, -0.25) is 0 Å². The van der Waals surface area contributed by atoms with Gasteiger partial charge in [0.15, 0.2) is 0 Å². The first-order valence-electron chi connectivity index (χ1n) is 17.2. The van der Waals surface area contributed by atoms with Gasteiger partial charge in [-0.05, 0) is 93.7 Å². The topological polar surface area (TPSA) is 29.5 Å². The van der Waals surface area contributed by atoms with Crippen LogP contribution in [-0.2, 0) is 0 Å². The summed E-state index contributed by atoms with van der Waals surface area (Å²) < 4.78 is 13.0. The molecule has 3 nitrogen and oxygen atoms in total. The molecule has 51 heavy (non-hydrogen) atoms. The van der Waals surface area contributed by atoms with E-state index in [9.17, 15) is 0 Å². The van der Waals surface area contributed by atoms with Crippen molar-refractivity contribution in [3.05, 3.63) is 188 Å². The van der Waals surface area contributed by atoms with Gasteiger partial charge in [-0.25, -0.2) is 0 Å². The maximum atomic E-state index is 6.57. The van der Waals surface area contributed by atoms with Crippen molar-refractivity contribution in [3.63, 3.8) is 0 Å². The quantitative estimate of drug-likeness (QED) is 0.179. The number of benzene rings is 8. The molecule has 0 fully saturated rings. The SMILES string of the molecule is c1ccc(-c2ccc(N(c3ccc(-c4cccc5ccccc45)cc3)c3ccc4oc5ccc6cc(-c7ccccc7)oc6c5c4c3)cc2)cc1. The Hall–Kier alpha value is -6.84. The number of hydrogen-bond donors (Lipinski definition) is 0. The number of nitrogens with zero attached hydrogens (tertiary/aromatic N) is 1. The summed E-state index contributed by atoms with van der Waals surface area (Å²) in [4.78, 5) is 2.32. The van der Waals surface area contributed by atoms with Gasteiger partial charge in [-0.2, -0.15) is 0 Å². The molecular formula is C48H31NO2. The third kappa shape index (κ3) is 5.06. The summed E-state index contributed by atoms with van der Waals surface area (Å²) in [6, 6.07) is 66.2. The smallest absolute Gasteiger partial charge is 0.146 e. The minimum Gasteiger partial charge on any atom is -0.456 e. The lowest BCUT2D eigenvalue weighted by atomic mass is 9.98. The Balaban J connectivity index is 1.13. The summed E-state index contributed by atoms with van der Waals surface area (Å²) in [6.45, 7) is 0. The van der Waals surface area contributed by atoms with Crippen LogP contribution in [-0.4, -0.2) is 0 Å². The summed E-state index contributed by atoms with van der Waals surface area (Å²) in [5, 5.41) is 5.53. The molecule has 0 amide bonds. The van der Waals surface area contributed by atoms with Crippen LogP contribution in [0, 0.1) is 0 Å². The fourth-order valence-corrected chi connectivity index (χ4v) is 7.38. The molecule has 0 aliphatic carbocycles. The lowest BCUT2D eigenvalue weighted by Crippen LogP contribution is -2.09. The molecule has 0 aliphatic heterocycles.